The molecule has 0 bridgehead atoms. The molecule has 3 unspecified atom stereocenters. The van der Waals surface area contributed by atoms with Crippen molar-refractivity contribution in [2.45, 2.75) is 69.3 Å². The van der Waals surface area contributed by atoms with Crippen molar-refractivity contribution < 1.29 is 4.74 Å². The van der Waals surface area contributed by atoms with Crippen molar-refractivity contribution in [3.63, 3.8) is 0 Å². The normalized spacial score (nSPS) is 35.2. The standard InChI is InChI=1S/C17H31N3OS.HI/c1-4-21-14-11-13(17(14)8-5-9-17)20-15(18-3)19-12-16(2)7-6-10-22-16;/h13-14H,4-12H2,1-3H3,(H2,18,19,20);1H. The number of aliphatic imine (C=N–C) groups is 1. The van der Waals surface area contributed by atoms with Crippen molar-refractivity contribution in [2.75, 3.05) is 26.0 Å². The quantitative estimate of drug-likeness (QED) is 0.381. The molecule has 3 fully saturated rings. The summed E-state index contributed by atoms with van der Waals surface area (Å²) in [6.45, 7) is 6.31. The molecule has 1 spiro atoms. The Kier molecular flexibility index (Phi) is 6.94. The molecular weight excluding hydrogens is 421 g/mol. The molecular formula is C17H32IN3OS. The maximum absolute atomic E-state index is 5.93. The van der Waals surface area contributed by atoms with Gasteiger partial charge in [0.2, 0.25) is 0 Å². The third-order valence-electron chi connectivity index (χ3n) is 5.90. The van der Waals surface area contributed by atoms with Gasteiger partial charge in [-0.2, -0.15) is 11.8 Å². The maximum atomic E-state index is 5.93. The number of thioether (sulfide) groups is 1. The highest BCUT2D eigenvalue weighted by molar-refractivity contribution is 14.0. The summed E-state index contributed by atoms with van der Waals surface area (Å²) in [5.41, 5.74) is 0.389. The van der Waals surface area contributed by atoms with Gasteiger partial charge in [0.15, 0.2) is 5.96 Å². The van der Waals surface area contributed by atoms with Crippen LogP contribution in [0.25, 0.3) is 0 Å². The lowest BCUT2D eigenvalue weighted by Crippen LogP contribution is -2.68. The third kappa shape index (κ3) is 3.94. The van der Waals surface area contributed by atoms with Gasteiger partial charge in [-0.1, -0.05) is 6.42 Å². The van der Waals surface area contributed by atoms with Crippen molar-refractivity contribution in [1.82, 2.24) is 10.6 Å². The van der Waals surface area contributed by atoms with Crippen LogP contribution in [0, 0.1) is 5.41 Å². The number of nitrogens with one attached hydrogen (secondary N) is 2. The first-order chi connectivity index (χ1) is 10.6. The van der Waals surface area contributed by atoms with Crippen LogP contribution in [-0.2, 0) is 4.74 Å². The minimum atomic E-state index is 0. The fraction of sp³-hybridized carbons (Fsp3) is 0.941. The molecule has 0 aromatic heterocycles. The minimum Gasteiger partial charge on any atom is -0.378 e. The lowest BCUT2D eigenvalue weighted by Gasteiger charge is -2.61. The monoisotopic (exact) mass is 453 g/mol. The Morgan fingerprint density at radius 1 is 1.30 bits per heavy atom. The van der Waals surface area contributed by atoms with E-state index in [1.165, 1.54) is 37.9 Å². The highest BCUT2D eigenvalue weighted by Crippen LogP contribution is 2.57. The number of hydrogen-bond acceptors (Lipinski definition) is 3. The van der Waals surface area contributed by atoms with Crippen LogP contribution in [-0.4, -0.2) is 48.8 Å². The zero-order valence-corrected chi connectivity index (χ0v) is 17.8. The Labute approximate surface area is 162 Å². The van der Waals surface area contributed by atoms with Crippen LogP contribution in [0.2, 0.25) is 0 Å². The number of halogens is 1. The van der Waals surface area contributed by atoms with Crippen LogP contribution >= 0.6 is 35.7 Å². The van der Waals surface area contributed by atoms with Gasteiger partial charge in [-0.05, 0) is 51.7 Å². The maximum Gasteiger partial charge on any atom is 0.191 e. The highest BCUT2D eigenvalue weighted by atomic mass is 127. The molecule has 1 heterocycles. The average molecular weight is 453 g/mol. The number of nitrogens with zero attached hydrogens (tertiary/aromatic N) is 1. The van der Waals surface area contributed by atoms with Gasteiger partial charge in [0.25, 0.3) is 0 Å². The first-order valence-electron chi connectivity index (χ1n) is 8.85. The molecule has 0 aromatic carbocycles. The summed E-state index contributed by atoms with van der Waals surface area (Å²) in [5, 5.41) is 7.24. The largest absolute Gasteiger partial charge is 0.378 e. The van der Waals surface area contributed by atoms with E-state index < -0.39 is 0 Å². The van der Waals surface area contributed by atoms with Crippen LogP contribution in [0.5, 0.6) is 0 Å². The number of rotatable bonds is 5. The van der Waals surface area contributed by atoms with Gasteiger partial charge in [0.1, 0.15) is 0 Å². The summed E-state index contributed by atoms with van der Waals surface area (Å²) in [6, 6.07) is 0.535. The summed E-state index contributed by atoms with van der Waals surface area (Å²) >= 11 is 2.09. The second-order valence-corrected chi connectivity index (χ2v) is 8.97. The van der Waals surface area contributed by atoms with Gasteiger partial charge in [-0.25, -0.2) is 0 Å². The van der Waals surface area contributed by atoms with Gasteiger partial charge in [0, 0.05) is 36.4 Å². The fourth-order valence-electron chi connectivity index (χ4n) is 4.25. The summed E-state index contributed by atoms with van der Waals surface area (Å²) < 4.78 is 6.31. The van der Waals surface area contributed by atoms with Gasteiger partial charge in [-0.15, -0.1) is 24.0 Å². The fourth-order valence-corrected chi connectivity index (χ4v) is 5.49. The molecule has 3 aliphatic rings. The van der Waals surface area contributed by atoms with Gasteiger partial charge >= 0.3 is 0 Å². The van der Waals surface area contributed by atoms with Gasteiger partial charge < -0.3 is 15.4 Å². The molecule has 1 saturated heterocycles. The second kappa shape index (κ2) is 8.13. The van der Waals surface area contributed by atoms with E-state index in [0.717, 1.165) is 25.5 Å². The van der Waals surface area contributed by atoms with E-state index in [0.29, 0.717) is 22.3 Å². The molecule has 0 amide bonds. The highest BCUT2D eigenvalue weighted by Gasteiger charge is 2.59. The van der Waals surface area contributed by atoms with Crippen LogP contribution in [0.4, 0.5) is 0 Å². The Morgan fingerprint density at radius 3 is 2.61 bits per heavy atom. The Morgan fingerprint density at radius 2 is 2.09 bits per heavy atom. The van der Waals surface area contributed by atoms with Crippen LogP contribution in [0.15, 0.2) is 4.99 Å². The van der Waals surface area contributed by atoms with Crippen molar-refractivity contribution in [2.24, 2.45) is 10.4 Å². The number of hydrogen-bond donors (Lipinski definition) is 2. The summed E-state index contributed by atoms with van der Waals surface area (Å²) in [5.74, 6) is 2.27. The number of guanidine groups is 1. The predicted octanol–water partition coefficient (Wildman–Crippen LogP) is 3.40. The SMILES string of the molecule is CCOC1CC(NC(=NC)NCC2(C)CCCS2)C12CCC2.I. The predicted molar refractivity (Wildman–Crippen MR) is 110 cm³/mol. The zero-order valence-electron chi connectivity index (χ0n) is 14.7. The molecule has 3 rings (SSSR count). The first kappa shape index (κ1) is 19.6. The Balaban J connectivity index is 0.00000192. The van der Waals surface area contributed by atoms with E-state index >= 15 is 0 Å². The third-order valence-corrected chi connectivity index (χ3v) is 7.44. The molecule has 2 N–H and O–H groups in total. The smallest absolute Gasteiger partial charge is 0.191 e. The molecule has 23 heavy (non-hydrogen) atoms. The molecule has 6 heteroatoms. The van der Waals surface area contributed by atoms with Gasteiger partial charge in [-0.3, -0.25) is 4.99 Å². The van der Waals surface area contributed by atoms with E-state index in [2.05, 4.69) is 41.2 Å². The van der Waals surface area contributed by atoms with Crippen molar-refractivity contribution in [3.8, 4) is 0 Å². The van der Waals surface area contributed by atoms with Crippen molar-refractivity contribution >= 4 is 41.7 Å². The lowest BCUT2D eigenvalue weighted by atomic mass is 9.51. The topological polar surface area (TPSA) is 45.6 Å². The molecule has 134 valence electrons. The number of ether oxygens (including phenoxy) is 1. The zero-order chi connectivity index (χ0) is 15.6. The van der Waals surface area contributed by atoms with Crippen LogP contribution < -0.4 is 10.6 Å². The van der Waals surface area contributed by atoms with E-state index in [-0.39, 0.29) is 24.0 Å². The molecule has 2 saturated carbocycles. The summed E-state index contributed by atoms with van der Waals surface area (Å²) in [7, 11) is 1.88. The second-order valence-electron chi connectivity index (χ2n) is 7.29. The molecule has 0 aromatic rings. The van der Waals surface area contributed by atoms with E-state index in [4.69, 9.17) is 4.74 Å². The molecule has 3 atom stereocenters. The molecule has 1 aliphatic heterocycles. The van der Waals surface area contributed by atoms with E-state index in [9.17, 15) is 0 Å². The van der Waals surface area contributed by atoms with Gasteiger partial charge in [0.05, 0.1) is 6.10 Å². The molecule has 0 radical (unpaired) electrons. The molecule has 2 aliphatic carbocycles. The molecule has 4 nitrogen and oxygen atoms in total. The first-order valence-corrected chi connectivity index (χ1v) is 9.83. The van der Waals surface area contributed by atoms with E-state index in [1.54, 1.807) is 0 Å². The average Bonchev–Trinajstić information content (AvgIpc) is 2.86. The van der Waals surface area contributed by atoms with E-state index in [1.807, 2.05) is 7.05 Å². The Hall–Kier alpha value is 0.310. The van der Waals surface area contributed by atoms with Crippen molar-refractivity contribution in [3.05, 3.63) is 0 Å². The summed E-state index contributed by atoms with van der Waals surface area (Å²) in [4.78, 5) is 4.44. The van der Waals surface area contributed by atoms with Crippen LogP contribution in [0.1, 0.15) is 52.4 Å². The minimum absolute atomic E-state index is 0. The Bertz CT molecular complexity index is 422. The van der Waals surface area contributed by atoms with Crippen LogP contribution in [0.3, 0.4) is 0 Å². The lowest BCUT2D eigenvalue weighted by molar-refractivity contribution is -0.168. The van der Waals surface area contributed by atoms with Crippen molar-refractivity contribution in [1.29, 1.82) is 0 Å². The summed E-state index contributed by atoms with van der Waals surface area (Å²) in [6.07, 6.45) is 8.20.